The zero-order valence-corrected chi connectivity index (χ0v) is 12.6. The van der Waals surface area contributed by atoms with Crippen LogP contribution in [0.3, 0.4) is 0 Å². The van der Waals surface area contributed by atoms with E-state index in [0.717, 1.165) is 32.0 Å². The molecule has 0 aromatic heterocycles. The summed E-state index contributed by atoms with van der Waals surface area (Å²) in [4.78, 5) is 21.5. The summed E-state index contributed by atoms with van der Waals surface area (Å²) in [5.41, 5.74) is 2.55. The summed E-state index contributed by atoms with van der Waals surface area (Å²) in [6.07, 6.45) is 9.41. The highest BCUT2D eigenvalue weighted by Crippen LogP contribution is 2.13. The SMILES string of the molecule is COC(=O)C(C)C/C=C(\C)CC/C=C(\C)CCC=O. The van der Waals surface area contributed by atoms with Gasteiger partial charge in [-0.15, -0.1) is 0 Å². The molecule has 0 fully saturated rings. The molecule has 0 spiro atoms. The van der Waals surface area contributed by atoms with Crippen molar-refractivity contribution in [2.75, 3.05) is 7.11 Å². The molecule has 0 amide bonds. The third-order valence-electron chi connectivity index (χ3n) is 3.11. The van der Waals surface area contributed by atoms with Crippen molar-refractivity contribution in [2.24, 2.45) is 5.92 Å². The standard InChI is InChI=1S/C16H26O3/c1-13(9-6-12-17)7-5-8-14(2)10-11-15(3)16(18)19-4/h7,10,12,15H,5-6,8-9,11H2,1-4H3/b13-7+,14-10+. The molecule has 1 atom stereocenters. The second-order valence-electron chi connectivity index (χ2n) is 5.00. The minimum absolute atomic E-state index is 0.0789. The molecule has 0 aliphatic rings. The third kappa shape index (κ3) is 9.23. The van der Waals surface area contributed by atoms with Gasteiger partial charge in [-0.05, 0) is 39.5 Å². The van der Waals surface area contributed by atoms with Gasteiger partial charge < -0.3 is 9.53 Å². The lowest BCUT2D eigenvalue weighted by Crippen LogP contribution is -2.11. The van der Waals surface area contributed by atoms with E-state index in [-0.39, 0.29) is 11.9 Å². The highest BCUT2D eigenvalue weighted by molar-refractivity contribution is 5.71. The summed E-state index contributed by atoms with van der Waals surface area (Å²) in [6, 6.07) is 0. The Kier molecular flexibility index (Phi) is 9.77. The molecule has 0 rings (SSSR count). The fourth-order valence-corrected chi connectivity index (χ4v) is 1.71. The van der Waals surface area contributed by atoms with E-state index >= 15 is 0 Å². The van der Waals surface area contributed by atoms with Gasteiger partial charge in [-0.25, -0.2) is 0 Å². The number of hydrogen-bond donors (Lipinski definition) is 0. The van der Waals surface area contributed by atoms with E-state index < -0.39 is 0 Å². The lowest BCUT2D eigenvalue weighted by Gasteiger charge is -2.06. The van der Waals surface area contributed by atoms with Crippen molar-refractivity contribution in [3.63, 3.8) is 0 Å². The minimum atomic E-state index is -0.159. The Morgan fingerprint density at radius 2 is 1.68 bits per heavy atom. The molecule has 108 valence electrons. The van der Waals surface area contributed by atoms with Crippen molar-refractivity contribution in [1.29, 1.82) is 0 Å². The largest absolute Gasteiger partial charge is 0.469 e. The maximum absolute atomic E-state index is 11.2. The predicted molar refractivity (Wildman–Crippen MR) is 77.8 cm³/mol. The van der Waals surface area contributed by atoms with Crippen LogP contribution >= 0.6 is 0 Å². The number of carbonyl (C=O) groups excluding carboxylic acids is 2. The van der Waals surface area contributed by atoms with Crippen molar-refractivity contribution < 1.29 is 14.3 Å². The number of rotatable bonds is 9. The van der Waals surface area contributed by atoms with E-state index in [2.05, 4.69) is 30.7 Å². The predicted octanol–water partition coefficient (Wildman–Crippen LogP) is 3.84. The number of ether oxygens (including phenoxy) is 1. The van der Waals surface area contributed by atoms with Crippen molar-refractivity contribution in [3.8, 4) is 0 Å². The maximum atomic E-state index is 11.2. The summed E-state index contributed by atoms with van der Waals surface area (Å²) in [5.74, 6) is -0.238. The van der Waals surface area contributed by atoms with E-state index in [0.29, 0.717) is 6.42 Å². The molecule has 0 heterocycles. The summed E-state index contributed by atoms with van der Waals surface area (Å²) < 4.78 is 4.69. The van der Waals surface area contributed by atoms with Gasteiger partial charge in [-0.1, -0.05) is 30.2 Å². The van der Waals surface area contributed by atoms with Crippen LogP contribution in [0.2, 0.25) is 0 Å². The average Bonchev–Trinajstić information content (AvgIpc) is 2.41. The summed E-state index contributed by atoms with van der Waals surface area (Å²) in [7, 11) is 1.42. The van der Waals surface area contributed by atoms with Gasteiger partial charge in [0.2, 0.25) is 0 Å². The zero-order valence-electron chi connectivity index (χ0n) is 12.6. The van der Waals surface area contributed by atoms with Gasteiger partial charge in [0.15, 0.2) is 0 Å². The number of carbonyl (C=O) groups is 2. The number of aldehydes is 1. The molecule has 3 heteroatoms. The van der Waals surface area contributed by atoms with Crippen molar-refractivity contribution in [1.82, 2.24) is 0 Å². The van der Waals surface area contributed by atoms with Crippen LogP contribution in [-0.2, 0) is 14.3 Å². The molecule has 0 aromatic rings. The van der Waals surface area contributed by atoms with E-state index in [1.165, 1.54) is 18.3 Å². The van der Waals surface area contributed by atoms with Crippen LogP contribution in [0.4, 0.5) is 0 Å². The number of esters is 1. The van der Waals surface area contributed by atoms with Crippen molar-refractivity contribution in [3.05, 3.63) is 23.3 Å². The molecule has 0 aliphatic carbocycles. The van der Waals surface area contributed by atoms with Crippen LogP contribution in [0.5, 0.6) is 0 Å². The summed E-state index contributed by atoms with van der Waals surface area (Å²) >= 11 is 0. The van der Waals surface area contributed by atoms with Crippen LogP contribution in [0.25, 0.3) is 0 Å². The Hall–Kier alpha value is -1.38. The Labute approximate surface area is 116 Å². The molecule has 0 saturated carbocycles. The van der Waals surface area contributed by atoms with Crippen LogP contribution in [-0.4, -0.2) is 19.4 Å². The highest BCUT2D eigenvalue weighted by Gasteiger charge is 2.10. The molecule has 0 N–H and O–H groups in total. The summed E-state index contributed by atoms with van der Waals surface area (Å²) in [5, 5.41) is 0. The van der Waals surface area contributed by atoms with E-state index in [9.17, 15) is 9.59 Å². The minimum Gasteiger partial charge on any atom is -0.469 e. The lowest BCUT2D eigenvalue weighted by molar-refractivity contribution is -0.144. The van der Waals surface area contributed by atoms with Crippen LogP contribution in [0.1, 0.15) is 52.9 Å². The number of allylic oxidation sites excluding steroid dienone is 4. The zero-order chi connectivity index (χ0) is 14.7. The Morgan fingerprint density at radius 3 is 2.26 bits per heavy atom. The number of methoxy groups -OCH3 is 1. The monoisotopic (exact) mass is 266 g/mol. The van der Waals surface area contributed by atoms with Gasteiger partial charge in [0.05, 0.1) is 13.0 Å². The fraction of sp³-hybridized carbons (Fsp3) is 0.625. The normalized spacial score (nSPS) is 14.1. The van der Waals surface area contributed by atoms with Gasteiger partial charge in [0.1, 0.15) is 6.29 Å². The van der Waals surface area contributed by atoms with Crippen molar-refractivity contribution >= 4 is 12.3 Å². The number of hydrogen-bond acceptors (Lipinski definition) is 3. The first kappa shape index (κ1) is 17.6. The molecule has 0 radical (unpaired) electrons. The van der Waals surface area contributed by atoms with Gasteiger partial charge in [0.25, 0.3) is 0 Å². The first-order valence-electron chi connectivity index (χ1n) is 6.84. The molecular formula is C16H26O3. The highest BCUT2D eigenvalue weighted by atomic mass is 16.5. The quantitative estimate of drug-likeness (QED) is 0.362. The topological polar surface area (TPSA) is 43.4 Å². The summed E-state index contributed by atoms with van der Waals surface area (Å²) in [6.45, 7) is 6.01. The molecule has 19 heavy (non-hydrogen) atoms. The molecular weight excluding hydrogens is 240 g/mol. The molecule has 0 aromatic carbocycles. The van der Waals surface area contributed by atoms with Gasteiger partial charge >= 0.3 is 5.97 Å². The molecule has 0 bridgehead atoms. The smallest absolute Gasteiger partial charge is 0.308 e. The Balaban J connectivity index is 4.00. The van der Waals surface area contributed by atoms with E-state index in [1.54, 1.807) is 0 Å². The molecule has 0 aliphatic heterocycles. The Morgan fingerprint density at radius 1 is 1.11 bits per heavy atom. The maximum Gasteiger partial charge on any atom is 0.308 e. The molecule has 0 saturated heterocycles. The first-order chi connectivity index (χ1) is 9.01. The second-order valence-corrected chi connectivity index (χ2v) is 5.00. The lowest BCUT2D eigenvalue weighted by atomic mass is 10.0. The molecule has 3 nitrogen and oxygen atoms in total. The first-order valence-corrected chi connectivity index (χ1v) is 6.84. The molecule has 1 unspecified atom stereocenters. The van der Waals surface area contributed by atoms with Crippen LogP contribution in [0.15, 0.2) is 23.3 Å². The Bertz CT molecular complexity index is 340. The van der Waals surface area contributed by atoms with Crippen molar-refractivity contribution in [2.45, 2.75) is 52.9 Å². The third-order valence-corrected chi connectivity index (χ3v) is 3.11. The van der Waals surface area contributed by atoms with Crippen LogP contribution in [0, 0.1) is 5.92 Å². The fourth-order valence-electron chi connectivity index (χ4n) is 1.71. The van der Waals surface area contributed by atoms with Gasteiger partial charge in [-0.2, -0.15) is 0 Å². The second kappa shape index (κ2) is 10.5. The van der Waals surface area contributed by atoms with E-state index in [4.69, 9.17) is 0 Å². The average molecular weight is 266 g/mol. The van der Waals surface area contributed by atoms with Crippen LogP contribution < -0.4 is 0 Å². The van der Waals surface area contributed by atoms with E-state index in [1.807, 2.05) is 6.92 Å². The van der Waals surface area contributed by atoms with Gasteiger partial charge in [0, 0.05) is 6.42 Å². The van der Waals surface area contributed by atoms with Gasteiger partial charge in [-0.3, -0.25) is 4.79 Å².